The average molecular weight is 441 g/mol. The molecule has 3 heterocycles. The Bertz CT molecular complexity index is 1180. The van der Waals surface area contributed by atoms with E-state index in [4.69, 9.17) is 4.74 Å². The van der Waals surface area contributed by atoms with Crippen LogP contribution in [0.15, 0.2) is 73.1 Å². The van der Waals surface area contributed by atoms with Gasteiger partial charge in [0, 0.05) is 31.7 Å². The fourth-order valence-corrected chi connectivity index (χ4v) is 3.80. The molecule has 0 bridgehead atoms. The Morgan fingerprint density at radius 2 is 1.58 bits per heavy atom. The quantitative estimate of drug-likeness (QED) is 0.470. The lowest BCUT2D eigenvalue weighted by Crippen LogP contribution is -2.49. The molecule has 0 unspecified atom stereocenters. The van der Waals surface area contributed by atoms with E-state index in [1.807, 2.05) is 60.7 Å². The third-order valence-corrected chi connectivity index (χ3v) is 5.53. The van der Waals surface area contributed by atoms with Gasteiger partial charge in [-0.3, -0.25) is 9.78 Å². The van der Waals surface area contributed by atoms with Crippen molar-refractivity contribution in [2.45, 2.75) is 0 Å². The molecular weight excluding hydrogens is 418 g/mol. The van der Waals surface area contributed by atoms with Gasteiger partial charge in [-0.1, -0.05) is 48.5 Å². The number of anilines is 1. The van der Waals surface area contributed by atoms with Crippen molar-refractivity contribution < 1.29 is 9.53 Å². The van der Waals surface area contributed by atoms with Gasteiger partial charge in [0.05, 0.1) is 25.2 Å². The number of carbonyl (C=O) groups is 1. The minimum atomic E-state index is -0.182. The molecule has 2 aromatic heterocycles. The van der Waals surface area contributed by atoms with Crippen LogP contribution in [0, 0.1) is 0 Å². The van der Waals surface area contributed by atoms with Gasteiger partial charge in [0.2, 0.25) is 11.7 Å². The lowest BCUT2D eigenvalue weighted by Gasteiger charge is -2.34. The second-order valence-corrected chi connectivity index (χ2v) is 7.57. The molecule has 2 aromatic carbocycles. The van der Waals surface area contributed by atoms with Crippen molar-refractivity contribution in [3.8, 4) is 23.0 Å². The summed E-state index contributed by atoms with van der Waals surface area (Å²) in [5.74, 6) is 1.84. The molecule has 166 valence electrons. The Morgan fingerprint density at radius 3 is 2.27 bits per heavy atom. The van der Waals surface area contributed by atoms with Crippen LogP contribution in [0.1, 0.15) is 10.6 Å². The summed E-state index contributed by atoms with van der Waals surface area (Å²) >= 11 is 0. The molecule has 1 saturated heterocycles. The third kappa shape index (κ3) is 4.25. The number of nitrogens with zero attached hydrogens (tertiary/aromatic N) is 7. The highest BCUT2D eigenvalue weighted by atomic mass is 16.5. The molecule has 0 N–H and O–H groups in total. The predicted molar refractivity (Wildman–Crippen MR) is 123 cm³/mol. The Hall–Kier alpha value is -4.27. The minimum absolute atomic E-state index is 0.182. The molecule has 1 fully saturated rings. The van der Waals surface area contributed by atoms with E-state index >= 15 is 0 Å². The Kier molecular flexibility index (Phi) is 5.67. The van der Waals surface area contributed by atoms with Gasteiger partial charge in [-0.2, -0.15) is 4.98 Å². The zero-order valence-corrected chi connectivity index (χ0v) is 18.2. The summed E-state index contributed by atoms with van der Waals surface area (Å²) in [6, 6.07) is 19.5. The normalized spacial score (nSPS) is 13.7. The maximum absolute atomic E-state index is 13.3. The van der Waals surface area contributed by atoms with Crippen LogP contribution >= 0.6 is 0 Å². The van der Waals surface area contributed by atoms with E-state index in [9.17, 15) is 4.79 Å². The molecule has 0 aliphatic carbocycles. The van der Waals surface area contributed by atoms with E-state index in [2.05, 4.69) is 25.0 Å². The summed E-state index contributed by atoms with van der Waals surface area (Å²) in [4.78, 5) is 30.4. The molecule has 9 heteroatoms. The van der Waals surface area contributed by atoms with Gasteiger partial charge in [0.1, 0.15) is 0 Å². The largest absolute Gasteiger partial charge is 0.480 e. The second-order valence-electron chi connectivity index (χ2n) is 7.57. The van der Waals surface area contributed by atoms with Crippen molar-refractivity contribution in [3.63, 3.8) is 0 Å². The van der Waals surface area contributed by atoms with E-state index < -0.39 is 0 Å². The van der Waals surface area contributed by atoms with Crippen molar-refractivity contribution in [2.75, 3.05) is 38.2 Å². The first-order valence-corrected chi connectivity index (χ1v) is 10.7. The van der Waals surface area contributed by atoms with Crippen LogP contribution in [0.25, 0.3) is 17.1 Å². The summed E-state index contributed by atoms with van der Waals surface area (Å²) in [5, 5.41) is 4.59. The molecule has 0 atom stereocenters. The van der Waals surface area contributed by atoms with Gasteiger partial charge in [-0.05, 0) is 12.1 Å². The summed E-state index contributed by atoms with van der Waals surface area (Å²) in [6.07, 6.45) is 3.28. The van der Waals surface area contributed by atoms with Crippen molar-refractivity contribution in [2.24, 2.45) is 0 Å². The zero-order valence-electron chi connectivity index (χ0n) is 18.2. The number of aromatic nitrogens is 5. The predicted octanol–water partition coefficient (Wildman–Crippen LogP) is 2.70. The van der Waals surface area contributed by atoms with Crippen LogP contribution in [-0.4, -0.2) is 68.8 Å². The highest BCUT2D eigenvalue weighted by molar-refractivity contribution is 5.91. The maximum atomic E-state index is 13.3. The molecule has 1 aliphatic rings. The summed E-state index contributed by atoms with van der Waals surface area (Å²) in [6.45, 7) is 2.35. The van der Waals surface area contributed by atoms with Crippen LogP contribution in [0.4, 0.5) is 5.82 Å². The van der Waals surface area contributed by atoms with E-state index in [0.29, 0.717) is 37.9 Å². The SMILES string of the molecule is COc1cncc(N2CCN(C(=O)c3nc(-c4ccccc4)n(-c4ccccc4)n3)CC2)n1. The molecule has 9 nitrogen and oxygen atoms in total. The van der Waals surface area contributed by atoms with Gasteiger partial charge in [-0.25, -0.2) is 9.67 Å². The number of methoxy groups -OCH3 is 1. The monoisotopic (exact) mass is 441 g/mol. The smallest absolute Gasteiger partial charge is 0.293 e. The van der Waals surface area contributed by atoms with Gasteiger partial charge in [0.15, 0.2) is 11.6 Å². The van der Waals surface area contributed by atoms with Crippen LogP contribution in [0.5, 0.6) is 5.88 Å². The molecule has 33 heavy (non-hydrogen) atoms. The number of hydrogen-bond acceptors (Lipinski definition) is 7. The average Bonchev–Trinajstić information content (AvgIpc) is 3.35. The van der Waals surface area contributed by atoms with Gasteiger partial charge in [0.25, 0.3) is 5.91 Å². The molecule has 0 saturated carbocycles. The summed E-state index contributed by atoms with van der Waals surface area (Å²) in [7, 11) is 1.57. The van der Waals surface area contributed by atoms with Crippen LogP contribution < -0.4 is 9.64 Å². The first-order valence-electron chi connectivity index (χ1n) is 10.7. The number of hydrogen-bond donors (Lipinski definition) is 0. The van der Waals surface area contributed by atoms with Crippen molar-refractivity contribution >= 4 is 11.7 Å². The number of ether oxygens (including phenoxy) is 1. The van der Waals surface area contributed by atoms with Gasteiger partial charge >= 0.3 is 0 Å². The van der Waals surface area contributed by atoms with Gasteiger partial charge < -0.3 is 14.5 Å². The fourth-order valence-electron chi connectivity index (χ4n) is 3.80. The number of rotatable bonds is 5. The number of para-hydroxylation sites is 1. The highest BCUT2D eigenvalue weighted by Crippen LogP contribution is 2.22. The van der Waals surface area contributed by atoms with Crippen LogP contribution in [0.3, 0.4) is 0 Å². The molecule has 4 aromatic rings. The Labute approximate surface area is 191 Å². The number of carbonyl (C=O) groups excluding carboxylic acids is 1. The van der Waals surface area contributed by atoms with Crippen molar-refractivity contribution in [3.05, 3.63) is 78.9 Å². The first-order chi connectivity index (χ1) is 16.2. The molecule has 0 spiro atoms. The molecule has 5 rings (SSSR count). The van der Waals surface area contributed by atoms with E-state index in [-0.39, 0.29) is 11.7 Å². The first kappa shape index (κ1) is 20.6. The second kappa shape index (κ2) is 9.07. The van der Waals surface area contributed by atoms with E-state index in [1.165, 1.54) is 0 Å². The van der Waals surface area contributed by atoms with Gasteiger partial charge in [-0.15, -0.1) is 5.10 Å². The van der Waals surface area contributed by atoms with E-state index in [0.717, 1.165) is 17.1 Å². The van der Waals surface area contributed by atoms with Crippen molar-refractivity contribution in [1.82, 2.24) is 29.6 Å². The molecular formula is C24H23N7O2. The number of benzene rings is 2. The Morgan fingerprint density at radius 1 is 0.879 bits per heavy atom. The lowest BCUT2D eigenvalue weighted by molar-refractivity contribution is 0.0734. The minimum Gasteiger partial charge on any atom is -0.480 e. The third-order valence-electron chi connectivity index (χ3n) is 5.53. The standard InChI is InChI=1S/C24H23N7O2/c1-33-21-17-25-16-20(26-21)29-12-14-30(15-13-29)24(32)22-27-23(18-8-4-2-5-9-18)31(28-22)19-10-6-3-7-11-19/h2-11,16-17H,12-15H2,1H3. The van der Waals surface area contributed by atoms with Crippen molar-refractivity contribution in [1.29, 1.82) is 0 Å². The summed E-state index contributed by atoms with van der Waals surface area (Å²) in [5.41, 5.74) is 1.75. The zero-order chi connectivity index (χ0) is 22.6. The van der Waals surface area contributed by atoms with E-state index in [1.54, 1.807) is 29.1 Å². The topological polar surface area (TPSA) is 89.3 Å². The lowest BCUT2D eigenvalue weighted by atomic mass is 10.2. The highest BCUT2D eigenvalue weighted by Gasteiger charge is 2.27. The summed E-state index contributed by atoms with van der Waals surface area (Å²) < 4.78 is 6.89. The molecule has 0 radical (unpaired) electrons. The maximum Gasteiger partial charge on any atom is 0.293 e. The van der Waals surface area contributed by atoms with Crippen LogP contribution in [0.2, 0.25) is 0 Å². The molecule has 1 amide bonds. The fraction of sp³-hybridized carbons (Fsp3) is 0.208. The Balaban J connectivity index is 1.37. The van der Waals surface area contributed by atoms with Crippen LogP contribution in [-0.2, 0) is 0 Å². The number of amides is 1. The molecule has 1 aliphatic heterocycles. The number of piperazine rings is 1.